The number of esters is 1. The van der Waals surface area contributed by atoms with Gasteiger partial charge in [-0.15, -0.1) is 0 Å². The van der Waals surface area contributed by atoms with Crippen molar-refractivity contribution in [1.82, 2.24) is 5.32 Å². The number of allylic oxidation sites excluding steroid dienone is 3. The van der Waals surface area contributed by atoms with Crippen LogP contribution in [-0.2, 0) is 19.1 Å². The van der Waals surface area contributed by atoms with Crippen molar-refractivity contribution in [3.05, 3.63) is 94.1 Å². The smallest absolute Gasteiger partial charge is 0.336 e. The van der Waals surface area contributed by atoms with Crippen LogP contribution in [-0.4, -0.2) is 32.1 Å². The Hall–Kier alpha value is -3.25. The maximum absolute atomic E-state index is 14.9. The molecule has 0 fully saturated rings. The second-order valence-corrected chi connectivity index (χ2v) is 8.08. The molecule has 32 heavy (non-hydrogen) atoms. The molecular formula is C26H26FNO4. The van der Waals surface area contributed by atoms with Crippen LogP contribution in [0.15, 0.2) is 77.1 Å². The molecule has 2 aliphatic rings. The Bertz CT molecular complexity index is 1090. The lowest BCUT2D eigenvalue weighted by atomic mass is 9.71. The molecule has 166 valence electrons. The van der Waals surface area contributed by atoms with Gasteiger partial charge in [-0.2, -0.15) is 0 Å². The summed E-state index contributed by atoms with van der Waals surface area (Å²) < 4.78 is 25.3. The van der Waals surface area contributed by atoms with Crippen molar-refractivity contribution in [1.29, 1.82) is 0 Å². The summed E-state index contributed by atoms with van der Waals surface area (Å²) in [6.45, 7) is 2.09. The minimum Gasteiger partial charge on any atom is -0.460 e. The van der Waals surface area contributed by atoms with Crippen molar-refractivity contribution < 1.29 is 23.5 Å². The first kappa shape index (κ1) is 22.0. The number of halogens is 1. The van der Waals surface area contributed by atoms with E-state index < -0.39 is 17.7 Å². The standard InChI is InChI=1S/C26H26FNO4/c1-16-23(26(30)32-13-12-31-2)24(19-10-6-7-11-20(19)27)25-21(28-16)14-18(15-22(25)29)17-8-4-3-5-9-17/h3-11,18,24,28H,12-15H2,1-2H3/t18-,24+/m0/s1. The van der Waals surface area contributed by atoms with Gasteiger partial charge in [0.15, 0.2) is 5.78 Å². The first-order valence-electron chi connectivity index (χ1n) is 10.7. The number of hydrogen-bond donors (Lipinski definition) is 1. The monoisotopic (exact) mass is 435 g/mol. The van der Waals surface area contributed by atoms with Crippen LogP contribution in [0, 0.1) is 5.82 Å². The van der Waals surface area contributed by atoms with Gasteiger partial charge in [0.2, 0.25) is 0 Å². The molecule has 0 saturated carbocycles. The summed E-state index contributed by atoms with van der Waals surface area (Å²) in [6, 6.07) is 16.2. The summed E-state index contributed by atoms with van der Waals surface area (Å²) in [5.41, 5.74) is 3.41. The van der Waals surface area contributed by atoms with Crippen molar-refractivity contribution in [3.63, 3.8) is 0 Å². The van der Waals surface area contributed by atoms with E-state index in [4.69, 9.17) is 9.47 Å². The Labute approximate surface area is 186 Å². The second-order valence-electron chi connectivity index (χ2n) is 8.08. The first-order valence-corrected chi connectivity index (χ1v) is 10.7. The second kappa shape index (κ2) is 9.49. The molecule has 2 atom stereocenters. The van der Waals surface area contributed by atoms with Gasteiger partial charge in [-0.05, 0) is 30.9 Å². The van der Waals surface area contributed by atoms with Crippen LogP contribution in [0.3, 0.4) is 0 Å². The van der Waals surface area contributed by atoms with Crippen LogP contribution in [0.2, 0.25) is 0 Å². The topological polar surface area (TPSA) is 64.6 Å². The molecule has 4 rings (SSSR count). The van der Waals surface area contributed by atoms with Gasteiger partial charge in [0, 0.05) is 36.1 Å². The van der Waals surface area contributed by atoms with E-state index in [1.807, 2.05) is 30.3 Å². The Balaban J connectivity index is 1.77. The summed E-state index contributed by atoms with van der Waals surface area (Å²) in [4.78, 5) is 26.4. The number of hydrogen-bond acceptors (Lipinski definition) is 5. The number of nitrogens with one attached hydrogen (secondary N) is 1. The number of rotatable bonds is 6. The van der Waals surface area contributed by atoms with Crippen LogP contribution >= 0.6 is 0 Å². The average molecular weight is 435 g/mol. The number of benzene rings is 2. The largest absolute Gasteiger partial charge is 0.460 e. The van der Waals surface area contributed by atoms with Crippen molar-refractivity contribution in [3.8, 4) is 0 Å². The van der Waals surface area contributed by atoms with Crippen LogP contribution < -0.4 is 5.32 Å². The van der Waals surface area contributed by atoms with E-state index in [9.17, 15) is 14.0 Å². The van der Waals surface area contributed by atoms with Crippen molar-refractivity contribution in [2.45, 2.75) is 31.6 Å². The Morgan fingerprint density at radius 3 is 2.50 bits per heavy atom. The van der Waals surface area contributed by atoms with E-state index in [-0.39, 0.29) is 30.5 Å². The lowest BCUT2D eigenvalue weighted by Gasteiger charge is -2.36. The highest BCUT2D eigenvalue weighted by Gasteiger charge is 2.42. The summed E-state index contributed by atoms with van der Waals surface area (Å²) in [5.74, 6) is -1.91. The summed E-state index contributed by atoms with van der Waals surface area (Å²) in [7, 11) is 1.52. The number of dihydropyridines is 1. The van der Waals surface area contributed by atoms with Crippen molar-refractivity contribution in [2.75, 3.05) is 20.3 Å². The molecule has 2 aromatic rings. The minimum atomic E-state index is -0.813. The molecule has 1 aliphatic carbocycles. The number of Topliss-reactive ketones (excluding diaryl/α,β-unsaturated/α-hetero) is 1. The quantitative estimate of drug-likeness (QED) is 0.539. The van der Waals surface area contributed by atoms with Gasteiger partial charge in [-0.25, -0.2) is 9.18 Å². The molecule has 6 heteroatoms. The van der Waals surface area contributed by atoms with Crippen molar-refractivity contribution in [2.24, 2.45) is 0 Å². The molecule has 1 heterocycles. The highest BCUT2D eigenvalue weighted by Crippen LogP contribution is 2.46. The van der Waals surface area contributed by atoms with Crippen molar-refractivity contribution >= 4 is 11.8 Å². The van der Waals surface area contributed by atoms with Gasteiger partial charge >= 0.3 is 5.97 Å². The fourth-order valence-electron chi connectivity index (χ4n) is 4.59. The van der Waals surface area contributed by atoms with Gasteiger partial charge in [-0.3, -0.25) is 4.79 Å². The third kappa shape index (κ3) is 4.23. The average Bonchev–Trinajstić information content (AvgIpc) is 2.79. The maximum atomic E-state index is 14.9. The fourth-order valence-corrected chi connectivity index (χ4v) is 4.59. The molecule has 0 radical (unpaired) electrons. The molecule has 0 spiro atoms. The minimum absolute atomic E-state index is 0.0271. The third-order valence-corrected chi connectivity index (χ3v) is 6.06. The molecule has 0 amide bonds. The molecule has 2 aromatic carbocycles. The summed E-state index contributed by atoms with van der Waals surface area (Å²) >= 11 is 0. The first-order chi connectivity index (χ1) is 15.5. The lowest BCUT2D eigenvalue weighted by Crippen LogP contribution is -2.36. The Morgan fingerprint density at radius 1 is 1.06 bits per heavy atom. The number of ketones is 1. The number of methoxy groups -OCH3 is 1. The van der Waals surface area contributed by atoms with E-state index in [1.165, 1.54) is 13.2 Å². The Morgan fingerprint density at radius 2 is 1.78 bits per heavy atom. The van der Waals surface area contributed by atoms with E-state index in [2.05, 4.69) is 5.32 Å². The highest BCUT2D eigenvalue weighted by molar-refractivity contribution is 6.04. The predicted octanol–water partition coefficient (Wildman–Crippen LogP) is 4.38. The molecule has 0 aromatic heterocycles. The Kier molecular flexibility index (Phi) is 6.51. The number of ether oxygens (including phenoxy) is 2. The molecule has 0 unspecified atom stereocenters. The van der Waals surface area contributed by atoms with Gasteiger partial charge in [-0.1, -0.05) is 48.5 Å². The summed E-state index contributed by atoms with van der Waals surface area (Å²) in [6.07, 6.45) is 0.917. The molecule has 1 aliphatic heterocycles. The van der Waals surface area contributed by atoms with Crippen LogP contribution in [0.1, 0.15) is 42.7 Å². The molecule has 5 nitrogen and oxygen atoms in total. The fraction of sp³-hybridized carbons (Fsp3) is 0.308. The van der Waals surface area contributed by atoms with E-state index >= 15 is 0 Å². The number of carbonyl (C=O) groups is 2. The van der Waals surface area contributed by atoms with Gasteiger partial charge in [0.25, 0.3) is 0 Å². The van der Waals surface area contributed by atoms with Gasteiger partial charge in [0.1, 0.15) is 12.4 Å². The molecule has 0 bridgehead atoms. The molecular weight excluding hydrogens is 409 g/mol. The normalized spacial score (nSPS) is 20.7. The van der Waals surface area contributed by atoms with Crippen LogP contribution in [0.4, 0.5) is 4.39 Å². The lowest BCUT2D eigenvalue weighted by molar-refractivity contribution is -0.140. The molecule has 0 saturated heterocycles. The molecule has 1 N–H and O–H groups in total. The summed E-state index contributed by atoms with van der Waals surface area (Å²) in [5, 5.41) is 3.27. The van der Waals surface area contributed by atoms with Crippen LogP contribution in [0.25, 0.3) is 0 Å². The zero-order valence-electron chi connectivity index (χ0n) is 18.2. The third-order valence-electron chi connectivity index (χ3n) is 6.06. The highest BCUT2D eigenvalue weighted by atomic mass is 19.1. The maximum Gasteiger partial charge on any atom is 0.336 e. The van der Waals surface area contributed by atoms with Gasteiger partial charge in [0.05, 0.1) is 18.1 Å². The predicted molar refractivity (Wildman–Crippen MR) is 118 cm³/mol. The zero-order valence-corrected chi connectivity index (χ0v) is 18.2. The zero-order chi connectivity index (χ0) is 22.7. The van der Waals surface area contributed by atoms with Gasteiger partial charge < -0.3 is 14.8 Å². The number of carbonyl (C=O) groups excluding carboxylic acids is 2. The SMILES string of the molecule is COCCOC(=O)C1=C(C)NC2=C(C(=O)C[C@@H](c3ccccc3)C2)[C@@H]1c1ccccc1F. The van der Waals surface area contributed by atoms with E-state index in [0.717, 1.165) is 11.3 Å². The van der Waals surface area contributed by atoms with E-state index in [0.29, 0.717) is 29.7 Å². The van der Waals surface area contributed by atoms with Crippen LogP contribution in [0.5, 0.6) is 0 Å². The van der Waals surface area contributed by atoms with E-state index in [1.54, 1.807) is 25.1 Å².